The van der Waals surface area contributed by atoms with E-state index in [2.05, 4.69) is 20.7 Å². The van der Waals surface area contributed by atoms with E-state index in [1.165, 1.54) is 0 Å². The number of hydrogen-bond donors (Lipinski definition) is 7. The number of carbonyl (C=O) groups excluding carboxylic acids is 2. The quantitative estimate of drug-likeness (QED) is 0.118. The van der Waals surface area contributed by atoms with Gasteiger partial charge in [0.25, 0.3) is 0 Å². The molecule has 0 spiro atoms. The van der Waals surface area contributed by atoms with Gasteiger partial charge in [-0.15, -0.1) is 0 Å². The Morgan fingerprint density at radius 1 is 0.971 bits per heavy atom. The summed E-state index contributed by atoms with van der Waals surface area (Å²) in [5.41, 5.74) is 5.44. The van der Waals surface area contributed by atoms with Gasteiger partial charge in [0.2, 0.25) is 21.8 Å². The third kappa shape index (κ3) is 11.7. The van der Waals surface area contributed by atoms with Crippen molar-refractivity contribution < 1.29 is 37.8 Å². The maximum atomic E-state index is 12.7. The van der Waals surface area contributed by atoms with Crippen molar-refractivity contribution in [3.63, 3.8) is 0 Å². The lowest BCUT2D eigenvalue weighted by molar-refractivity contribution is -0.141. The van der Waals surface area contributed by atoms with E-state index in [4.69, 9.17) is 10.8 Å². The second-order valence-electron chi connectivity index (χ2n) is 8.52. The minimum atomic E-state index is -3.69. The Morgan fingerprint density at radius 2 is 1.62 bits per heavy atom. The molecule has 14 heteroatoms. The van der Waals surface area contributed by atoms with Crippen molar-refractivity contribution in [2.45, 2.75) is 69.5 Å². The monoisotopic (exact) mass is 507 g/mol. The van der Waals surface area contributed by atoms with Crippen molar-refractivity contribution in [2.24, 2.45) is 11.7 Å². The van der Waals surface area contributed by atoms with Gasteiger partial charge in [-0.3, -0.25) is 24.5 Å². The molecular weight excluding hydrogens is 470 g/mol. The van der Waals surface area contributed by atoms with E-state index >= 15 is 0 Å². The normalized spacial score (nSPS) is 17.4. The van der Waals surface area contributed by atoms with E-state index in [9.17, 15) is 32.7 Å². The minimum Gasteiger partial charge on any atom is -0.480 e. The fourth-order valence-electron chi connectivity index (χ4n) is 3.92. The van der Waals surface area contributed by atoms with Crippen LogP contribution >= 0.6 is 0 Å². The van der Waals surface area contributed by atoms with Gasteiger partial charge in [0.1, 0.15) is 18.6 Å². The number of nitrogens with two attached hydrogens (primary N) is 1. The molecule has 8 N–H and O–H groups in total. The molecule has 2 amide bonds. The standard InChI is InChI=1S/C20H37N5O8S/c1-34(32,33)25-14(9-5-6-10-21)18(28)22-11-15(20(30)31)24-17(13-7-3-2-4-8-13)19(29)23-12-16(26)27/h13-15,17,24-25H,2-12,21H2,1H3,(H,22,28)(H,23,29)(H,26,27)(H,30,31). The summed E-state index contributed by atoms with van der Waals surface area (Å²) < 4.78 is 25.5. The highest BCUT2D eigenvalue weighted by Gasteiger charge is 2.34. The van der Waals surface area contributed by atoms with Crippen LogP contribution in [0.5, 0.6) is 0 Å². The highest BCUT2D eigenvalue weighted by Crippen LogP contribution is 2.27. The molecule has 0 heterocycles. The number of carboxylic acid groups (broad SMARTS) is 2. The van der Waals surface area contributed by atoms with Crippen LogP contribution in [0.1, 0.15) is 51.4 Å². The van der Waals surface area contributed by atoms with Gasteiger partial charge in [-0.05, 0) is 38.1 Å². The number of hydrogen-bond acceptors (Lipinski definition) is 8. The first kappa shape index (κ1) is 29.7. The maximum Gasteiger partial charge on any atom is 0.322 e. The third-order valence-electron chi connectivity index (χ3n) is 5.60. The van der Waals surface area contributed by atoms with Gasteiger partial charge in [-0.2, -0.15) is 0 Å². The number of amides is 2. The van der Waals surface area contributed by atoms with E-state index in [-0.39, 0.29) is 12.3 Å². The molecule has 0 aliphatic heterocycles. The van der Waals surface area contributed by atoms with Gasteiger partial charge in [0.05, 0.1) is 12.3 Å². The average molecular weight is 508 g/mol. The van der Waals surface area contributed by atoms with Crippen LogP contribution in [0.2, 0.25) is 0 Å². The Kier molecular flexibility index (Phi) is 13.0. The summed E-state index contributed by atoms with van der Waals surface area (Å²) in [7, 11) is -3.69. The summed E-state index contributed by atoms with van der Waals surface area (Å²) in [5.74, 6) is -4.04. The molecule has 0 aromatic rings. The van der Waals surface area contributed by atoms with Crippen molar-refractivity contribution in [1.29, 1.82) is 0 Å². The first-order valence-corrected chi connectivity index (χ1v) is 13.3. The number of unbranched alkanes of at least 4 members (excludes halogenated alkanes) is 1. The molecular formula is C20H37N5O8S. The van der Waals surface area contributed by atoms with Crippen LogP contribution in [0.15, 0.2) is 0 Å². The predicted molar refractivity (Wildman–Crippen MR) is 123 cm³/mol. The Bertz CT molecular complexity index is 801. The summed E-state index contributed by atoms with van der Waals surface area (Å²) in [6.45, 7) is -0.618. The second-order valence-corrected chi connectivity index (χ2v) is 10.3. The zero-order valence-corrected chi connectivity index (χ0v) is 20.2. The zero-order valence-electron chi connectivity index (χ0n) is 19.4. The average Bonchev–Trinajstić information content (AvgIpc) is 2.76. The Hall–Kier alpha value is -2.29. The van der Waals surface area contributed by atoms with Crippen LogP contribution in [0.25, 0.3) is 0 Å². The van der Waals surface area contributed by atoms with Crippen molar-refractivity contribution in [2.75, 3.05) is 25.9 Å². The summed E-state index contributed by atoms with van der Waals surface area (Å²) >= 11 is 0. The number of rotatable bonds is 16. The van der Waals surface area contributed by atoms with Crippen molar-refractivity contribution >= 4 is 33.8 Å². The smallest absolute Gasteiger partial charge is 0.322 e. The highest BCUT2D eigenvalue weighted by atomic mass is 32.2. The van der Waals surface area contributed by atoms with Crippen LogP contribution in [-0.4, -0.2) is 86.4 Å². The van der Waals surface area contributed by atoms with Crippen LogP contribution in [0.3, 0.4) is 0 Å². The van der Waals surface area contributed by atoms with Gasteiger partial charge in [0, 0.05) is 6.54 Å². The number of nitrogens with one attached hydrogen (secondary N) is 4. The van der Waals surface area contributed by atoms with Crippen molar-refractivity contribution in [3.8, 4) is 0 Å². The summed E-state index contributed by atoms with van der Waals surface area (Å²) in [4.78, 5) is 48.0. The SMILES string of the molecule is CS(=O)(=O)NC(CCCCN)C(=O)NCC(NC(C(=O)NCC(=O)O)C1CCCCC1)C(=O)O. The van der Waals surface area contributed by atoms with Crippen LogP contribution in [0, 0.1) is 5.92 Å². The summed E-state index contributed by atoms with van der Waals surface area (Å²) in [6.07, 6.45) is 6.27. The van der Waals surface area contributed by atoms with E-state index < -0.39 is 65.0 Å². The molecule has 1 saturated carbocycles. The van der Waals surface area contributed by atoms with Gasteiger partial charge in [-0.25, -0.2) is 13.1 Å². The molecule has 1 rings (SSSR count). The van der Waals surface area contributed by atoms with Crippen molar-refractivity contribution in [1.82, 2.24) is 20.7 Å². The molecule has 1 fully saturated rings. The lowest BCUT2D eigenvalue weighted by Crippen LogP contribution is -2.58. The first-order valence-electron chi connectivity index (χ1n) is 11.4. The number of sulfonamides is 1. The lowest BCUT2D eigenvalue weighted by Gasteiger charge is -2.32. The fourth-order valence-corrected chi connectivity index (χ4v) is 4.66. The molecule has 13 nitrogen and oxygen atoms in total. The Balaban J connectivity index is 2.89. The second kappa shape index (κ2) is 14.9. The summed E-state index contributed by atoms with van der Waals surface area (Å²) in [5, 5.41) is 26.0. The largest absolute Gasteiger partial charge is 0.480 e. The van der Waals surface area contributed by atoms with Crippen LogP contribution < -0.4 is 26.4 Å². The van der Waals surface area contributed by atoms with E-state index in [0.29, 0.717) is 32.2 Å². The molecule has 3 unspecified atom stereocenters. The van der Waals surface area contributed by atoms with Gasteiger partial charge < -0.3 is 26.6 Å². The molecule has 0 radical (unpaired) electrons. The number of carbonyl (C=O) groups is 4. The molecule has 34 heavy (non-hydrogen) atoms. The molecule has 1 aliphatic rings. The molecule has 1 aliphatic carbocycles. The number of aliphatic carboxylic acids is 2. The van der Waals surface area contributed by atoms with Crippen molar-refractivity contribution in [3.05, 3.63) is 0 Å². The Morgan fingerprint density at radius 3 is 2.15 bits per heavy atom. The Labute approximate surface area is 199 Å². The molecule has 3 atom stereocenters. The maximum absolute atomic E-state index is 12.7. The topological polar surface area (TPSA) is 217 Å². The highest BCUT2D eigenvalue weighted by molar-refractivity contribution is 7.88. The summed E-state index contributed by atoms with van der Waals surface area (Å²) in [6, 6.07) is -3.40. The molecule has 0 aromatic carbocycles. The van der Waals surface area contributed by atoms with Gasteiger partial charge in [-0.1, -0.05) is 25.7 Å². The molecule has 0 aromatic heterocycles. The van der Waals surface area contributed by atoms with Crippen LogP contribution in [0.4, 0.5) is 0 Å². The molecule has 0 bridgehead atoms. The predicted octanol–water partition coefficient (Wildman–Crippen LogP) is -1.66. The third-order valence-corrected chi connectivity index (χ3v) is 6.31. The van der Waals surface area contributed by atoms with E-state index in [1.54, 1.807) is 0 Å². The zero-order chi connectivity index (χ0) is 25.7. The van der Waals surface area contributed by atoms with E-state index in [1.807, 2.05) is 0 Å². The van der Waals surface area contributed by atoms with Crippen LogP contribution in [-0.2, 0) is 29.2 Å². The minimum absolute atomic E-state index is 0.184. The van der Waals surface area contributed by atoms with E-state index in [0.717, 1.165) is 25.5 Å². The first-order chi connectivity index (χ1) is 15.9. The van der Waals surface area contributed by atoms with Gasteiger partial charge in [0.15, 0.2) is 0 Å². The molecule has 196 valence electrons. The fraction of sp³-hybridized carbons (Fsp3) is 0.800. The lowest BCUT2D eigenvalue weighted by atomic mass is 9.83. The molecule has 0 saturated heterocycles. The van der Waals surface area contributed by atoms with Gasteiger partial charge >= 0.3 is 11.9 Å². The number of carboxylic acids is 2.